The Morgan fingerprint density at radius 1 is 1.54 bits per heavy atom. The van der Waals surface area contributed by atoms with Gasteiger partial charge in [0, 0.05) is 10.0 Å². The van der Waals surface area contributed by atoms with Crippen LogP contribution in [-0.4, -0.2) is 5.97 Å². The van der Waals surface area contributed by atoms with E-state index in [0.29, 0.717) is 4.47 Å². The maximum Gasteiger partial charge on any atom is 0.130 e. The van der Waals surface area contributed by atoms with Gasteiger partial charge >= 0.3 is 0 Å². The fourth-order valence-corrected chi connectivity index (χ4v) is 1.18. The first-order valence-corrected chi connectivity index (χ1v) is 4.23. The van der Waals surface area contributed by atoms with E-state index in [1.165, 1.54) is 18.2 Å². The van der Waals surface area contributed by atoms with Gasteiger partial charge in [0.1, 0.15) is 5.82 Å². The van der Waals surface area contributed by atoms with Crippen molar-refractivity contribution in [3.05, 3.63) is 40.1 Å². The van der Waals surface area contributed by atoms with Crippen molar-refractivity contribution < 1.29 is 14.3 Å². The lowest BCUT2D eigenvalue weighted by Gasteiger charge is -1.97. The van der Waals surface area contributed by atoms with Crippen molar-refractivity contribution >= 4 is 28.0 Å². The third-order valence-electron chi connectivity index (χ3n) is 1.36. The van der Waals surface area contributed by atoms with Gasteiger partial charge in [-0.1, -0.05) is 22.0 Å². The summed E-state index contributed by atoms with van der Waals surface area (Å²) >= 11 is 3.14. The highest BCUT2D eigenvalue weighted by atomic mass is 79.9. The molecular formula is C9H5BrFO2-. The van der Waals surface area contributed by atoms with Crippen LogP contribution in [0, 0.1) is 5.82 Å². The first-order chi connectivity index (χ1) is 6.09. The van der Waals surface area contributed by atoms with Gasteiger partial charge in [0.05, 0.1) is 5.97 Å². The number of halogens is 2. The second-order valence-electron chi connectivity index (χ2n) is 2.32. The number of aliphatic carboxylic acids is 1. The highest BCUT2D eigenvalue weighted by molar-refractivity contribution is 9.10. The number of hydrogen-bond acceptors (Lipinski definition) is 2. The van der Waals surface area contributed by atoms with Gasteiger partial charge in [-0.25, -0.2) is 4.39 Å². The van der Waals surface area contributed by atoms with Crippen molar-refractivity contribution in [3.63, 3.8) is 0 Å². The lowest BCUT2D eigenvalue weighted by Crippen LogP contribution is -2.18. The minimum atomic E-state index is -1.35. The summed E-state index contributed by atoms with van der Waals surface area (Å²) in [7, 11) is 0. The van der Waals surface area contributed by atoms with Gasteiger partial charge in [-0.05, 0) is 24.3 Å². The fraction of sp³-hybridized carbons (Fsp3) is 0. The first-order valence-electron chi connectivity index (χ1n) is 3.43. The summed E-state index contributed by atoms with van der Waals surface area (Å²) in [6, 6.07) is 4.26. The maximum absolute atomic E-state index is 12.9. The summed E-state index contributed by atoms with van der Waals surface area (Å²) in [4.78, 5) is 10.0. The molecule has 1 aromatic rings. The summed E-state index contributed by atoms with van der Waals surface area (Å²) in [5.74, 6) is -1.82. The van der Waals surface area contributed by atoms with Gasteiger partial charge in [-0.3, -0.25) is 0 Å². The molecule has 2 nitrogen and oxygen atoms in total. The molecular weight excluding hydrogens is 239 g/mol. The lowest BCUT2D eigenvalue weighted by molar-refractivity contribution is -0.297. The molecule has 0 unspecified atom stereocenters. The molecule has 0 radical (unpaired) electrons. The molecule has 0 N–H and O–H groups in total. The first kappa shape index (κ1) is 9.92. The van der Waals surface area contributed by atoms with Gasteiger partial charge in [-0.2, -0.15) is 0 Å². The molecule has 0 amide bonds. The van der Waals surface area contributed by atoms with Crippen molar-refractivity contribution in [2.24, 2.45) is 0 Å². The van der Waals surface area contributed by atoms with E-state index >= 15 is 0 Å². The van der Waals surface area contributed by atoms with E-state index in [1.54, 1.807) is 0 Å². The van der Waals surface area contributed by atoms with Gasteiger partial charge in [0.15, 0.2) is 0 Å². The van der Waals surface area contributed by atoms with E-state index in [0.717, 1.165) is 12.2 Å². The molecule has 1 aromatic carbocycles. The monoisotopic (exact) mass is 243 g/mol. The minimum absolute atomic E-state index is 0.207. The molecule has 1 rings (SSSR count). The van der Waals surface area contributed by atoms with Crippen LogP contribution in [0.2, 0.25) is 0 Å². The van der Waals surface area contributed by atoms with Crippen molar-refractivity contribution in [2.75, 3.05) is 0 Å². The van der Waals surface area contributed by atoms with Crippen molar-refractivity contribution in [3.8, 4) is 0 Å². The highest BCUT2D eigenvalue weighted by Gasteiger charge is 1.97. The quantitative estimate of drug-likeness (QED) is 0.736. The molecule has 0 aliphatic carbocycles. The SMILES string of the molecule is O=C([O-])/C=C/c1cc(Br)ccc1F. The predicted molar refractivity (Wildman–Crippen MR) is 48.1 cm³/mol. The Labute approximate surface area is 82.8 Å². The molecule has 0 saturated carbocycles. The second-order valence-corrected chi connectivity index (χ2v) is 3.23. The van der Waals surface area contributed by atoms with E-state index in [4.69, 9.17) is 0 Å². The summed E-state index contributed by atoms with van der Waals surface area (Å²) < 4.78 is 13.6. The zero-order valence-corrected chi connectivity index (χ0v) is 8.05. The molecule has 0 saturated heterocycles. The zero-order chi connectivity index (χ0) is 9.84. The Morgan fingerprint density at radius 3 is 2.85 bits per heavy atom. The number of carboxylic acid groups (broad SMARTS) is 1. The molecule has 0 atom stereocenters. The minimum Gasteiger partial charge on any atom is -0.545 e. The van der Waals surface area contributed by atoms with E-state index in [1.807, 2.05) is 0 Å². The molecule has 0 aromatic heterocycles. The van der Waals surface area contributed by atoms with Crippen LogP contribution in [0.3, 0.4) is 0 Å². The summed E-state index contributed by atoms with van der Waals surface area (Å²) in [5, 5.41) is 10.0. The van der Waals surface area contributed by atoms with Crippen molar-refractivity contribution in [1.29, 1.82) is 0 Å². The number of carbonyl (C=O) groups excluding carboxylic acids is 1. The van der Waals surface area contributed by atoms with E-state index in [9.17, 15) is 14.3 Å². The molecule has 0 aliphatic rings. The third kappa shape index (κ3) is 2.99. The van der Waals surface area contributed by atoms with Crippen LogP contribution >= 0.6 is 15.9 Å². The van der Waals surface area contributed by atoms with Crippen LogP contribution in [0.5, 0.6) is 0 Å². The Kier molecular flexibility index (Phi) is 3.19. The topological polar surface area (TPSA) is 40.1 Å². The van der Waals surface area contributed by atoms with Gasteiger partial charge in [0.2, 0.25) is 0 Å². The van der Waals surface area contributed by atoms with Gasteiger partial charge in [-0.15, -0.1) is 0 Å². The number of rotatable bonds is 2. The molecule has 4 heteroatoms. The standard InChI is InChI=1S/C9H6BrFO2/c10-7-2-3-8(11)6(5-7)1-4-9(12)13/h1-5H,(H,12,13)/p-1/b4-1+. The van der Waals surface area contributed by atoms with Gasteiger partial charge < -0.3 is 9.90 Å². The second kappa shape index (κ2) is 4.18. The van der Waals surface area contributed by atoms with Crippen LogP contribution in [0.25, 0.3) is 6.08 Å². The molecule has 0 fully saturated rings. The Balaban J connectivity index is 3.00. The van der Waals surface area contributed by atoms with E-state index in [2.05, 4.69) is 15.9 Å². The average molecular weight is 244 g/mol. The van der Waals surface area contributed by atoms with E-state index < -0.39 is 11.8 Å². The number of carboxylic acids is 1. The Morgan fingerprint density at radius 2 is 2.23 bits per heavy atom. The van der Waals surface area contributed by atoms with Crippen LogP contribution in [0.1, 0.15) is 5.56 Å². The number of hydrogen-bond donors (Lipinski definition) is 0. The highest BCUT2D eigenvalue weighted by Crippen LogP contribution is 2.16. The lowest BCUT2D eigenvalue weighted by atomic mass is 10.2. The predicted octanol–water partition coefficient (Wildman–Crippen LogP) is 1.35. The van der Waals surface area contributed by atoms with Crippen LogP contribution in [0.4, 0.5) is 4.39 Å². The number of benzene rings is 1. The average Bonchev–Trinajstić information content (AvgIpc) is 2.06. The largest absolute Gasteiger partial charge is 0.545 e. The van der Waals surface area contributed by atoms with Gasteiger partial charge in [0.25, 0.3) is 0 Å². The summed E-state index contributed by atoms with van der Waals surface area (Å²) in [6.07, 6.45) is 1.93. The van der Waals surface area contributed by atoms with Crippen LogP contribution in [0.15, 0.2) is 28.7 Å². The molecule has 0 spiro atoms. The normalized spacial score (nSPS) is 10.6. The van der Waals surface area contributed by atoms with Crippen LogP contribution in [-0.2, 0) is 4.79 Å². The molecule has 0 aliphatic heterocycles. The zero-order valence-electron chi connectivity index (χ0n) is 6.46. The summed E-state index contributed by atoms with van der Waals surface area (Å²) in [5.41, 5.74) is 0.207. The molecule has 68 valence electrons. The molecule has 0 bridgehead atoms. The smallest absolute Gasteiger partial charge is 0.130 e. The van der Waals surface area contributed by atoms with E-state index in [-0.39, 0.29) is 5.56 Å². The third-order valence-corrected chi connectivity index (χ3v) is 1.85. The summed E-state index contributed by atoms with van der Waals surface area (Å²) in [6.45, 7) is 0. The Bertz CT molecular complexity index is 361. The number of carbonyl (C=O) groups is 1. The van der Waals surface area contributed by atoms with Crippen LogP contribution < -0.4 is 5.11 Å². The molecule has 13 heavy (non-hydrogen) atoms. The maximum atomic E-state index is 12.9. The van der Waals surface area contributed by atoms with Crippen molar-refractivity contribution in [2.45, 2.75) is 0 Å². The Hall–Kier alpha value is -1.16. The molecule has 0 heterocycles. The van der Waals surface area contributed by atoms with Crippen molar-refractivity contribution in [1.82, 2.24) is 0 Å². The fourth-order valence-electron chi connectivity index (χ4n) is 0.800.